The van der Waals surface area contributed by atoms with Gasteiger partial charge in [-0.2, -0.15) is 0 Å². The average Bonchev–Trinajstić information content (AvgIpc) is 2.15. The number of amides is 1. The molecule has 0 fully saturated rings. The number of hydrogen-bond donors (Lipinski definition) is 2. The minimum atomic E-state index is -0.468. The standard InChI is InChI=1S/C11H24N2O/c1-7-9(4)13-11(5,8(2)3)10(14)12-6/h8-9,13H,7H2,1-6H3,(H,12,14). The monoisotopic (exact) mass is 200 g/mol. The highest BCUT2D eigenvalue weighted by molar-refractivity contribution is 5.85. The normalized spacial score (nSPS) is 17.6. The van der Waals surface area contributed by atoms with Gasteiger partial charge in [-0.1, -0.05) is 20.8 Å². The van der Waals surface area contributed by atoms with Crippen molar-refractivity contribution in [2.75, 3.05) is 7.05 Å². The molecule has 0 aromatic carbocycles. The summed E-state index contributed by atoms with van der Waals surface area (Å²) in [6.45, 7) is 10.3. The second-order valence-electron chi connectivity index (χ2n) is 4.39. The molecule has 0 saturated carbocycles. The lowest BCUT2D eigenvalue weighted by molar-refractivity contribution is -0.128. The Hall–Kier alpha value is -0.570. The van der Waals surface area contributed by atoms with Crippen molar-refractivity contribution in [3.05, 3.63) is 0 Å². The van der Waals surface area contributed by atoms with E-state index in [0.29, 0.717) is 6.04 Å². The molecule has 0 radical (unpaired) electrons. The second-order valence-corrected chi connectivity index (χ2v) is 4.39. The maximum atomic E-state index is 11.8. The Morgan fingerprint density at radius 3 is 2.14 bits per heavy atom. The van der Waals surface area contributed by atoms with Crippen LogP contribution < -0.4 is 10.6 Å². The highest BCUT2D eigenvalue weighted by atomic mass is 16.2. The van der Waals surface area contributed by atoms with Gasteiger partial charge in [-0.15, -0.1) is 0 Å². The van der Waals surface area contributed by atoms with Crippen LogP contribution in [0, 0.1) is 5.92 Å². The molecule has 3 heteroatoms. The van der Waals surface area contributed by atoms with Crippen LogP contribution in [0.3, 0.4) is 0 Å². The van der Waals surface area contributed by atoms with Crippen LogP contribution in [0.1, 0.15) is 41.0 Å². The van der Waals surface area contributed by atoms with E-state index in [0.717, 1.165) is 6.42 Å². The zero-order valence-electron chi connectivity index (χ0n) is 10.3. The molecule has 3 nitrogen and oxygen atoms in total. The Bertz CT molecular complexity index is 192. The van der Waals surface area contributed by atoms with Crippen molar-refractivity contribution in [1.82, 2.24) is 10.6 Å². The predicted octanol–water partition coefficient (Wildman–Crippen LogP) is 1.54. The molecule has 1 amide bonds. The molecule has 2 N–H and O–H groups in total. The highest BCUT2D eigenvalue weighted by Crippen LogP contribution is 2.18. The van der Waals surface area contributed by atoms with Crippen molar-refractivity contribution in [2.24, 2.45) is 5.92 Å². The second kappa shape index (κ2) is 5.35. The van der Waals surface area contributed by atoms with Crippen molar-refractivity contribution in [3.8, 4) is 0 Å². The fourth-order valence-corrected chi connectivity index (χ4v) is 1.37. The third-order valence-corrected chi connectivity index (χ3v) is 3.01. The molecule has 0 spiro atoms. The Morgan fingerprint density at radius 1 is 1.36 bits per heavy atom. The first-order valence-corrected chi connectivity index (χ1v) is 5.38. The number of likely N-dealkylation sites (N-methyl/N-ethyl adjacent to an activating group) is 1. The quantitative estimate of drug-likeness (QED) is 0.706. The molecule has 0 aliphatic carbocycles. The van der Waals surface area contributed by atoms with Crippen LogP contribution in [0.15, 0.2) is 0 Å². The first-order valence-electron chi connectivity index (χ1n) is 5.38. The van der Waals surface area contributed by atoms with Gasteiger partial charge in [0.25, 0.3) is 0 Å². The summed E-state index contributed by atoms with van der Waals surface area (Å²) in [4.78, 5) is 11.8. The maximum Gasteiger partial charge on any atom is 0.240 e. The fourth-order valence-electron chi connectivity index (χ4n) is 1.37. The number of nitrogens with one attached hydrogen (secondary N) is 2. The molecule has 2 atom stereocenters. The third-order valence-electron chi connectivity index (χ3n) is 3.01. The first-order chi connectivity index (χ1) is 6.38. The van der Waals surface area contributed by atoms with Crippen LogP contribution in [-0.4, -0.2) is 24.5 Å². The Balaban J connectivity index is 4.64. The van der Waals surface area contributed by atoms with Crippen molar-refractivity contribution < 1.29 is 4.79 Å². The Kier molecular flexibility index (Phi) is 5.13. The molecule has 0 bridgehead atoms. The molecule has 0 aliphatic rings. The molecular formula is C11H24N2O. The summed E-state index contributed by atoms with van der Waals surface area (Å²) in [6, 6.07) is 0.361. The van der Waals surface area contributed by atoms with Crippen molar-refractivity contribution in [2.45, 2.75) is 52.6 Å². The molecule has 0 aromatic heterocycles. The predicted molar refractivity (Wildman–Crippen MR) is 60.2 cm³/mol. The number of carbonyl (C=O) groups is 1. The van der Waals surface area contributed by atoms with Gasteiger partial charge in [0.2, 0.25) is 5.91 Å². The summed E-state index contributed by atoms with van der Waals surface area (Å²) in [6.07, 6.45) is 1.03. The average molecular weight is 200 g/mol. The molecule has 0 heterocycles. The minimum Gasteiger partial charge on any atom is -0.358 e. The van der Waals surface area contributed by atoms with Crippen LogP contribution in [-0.2, 0) is 4.79 Å². The van der Waals surface area contributed by atoms with Gasteiger partial charge in [-0.05, 0) is 26.2 Å². The molecule has 14 heavy (non-hydrogen) atoms. The van der Waals surface area contributed by atoms with Gasteiger partial charge in [0, 0.05) is 13.1 Å². The van der Waals surface area contributed by atoms with Crippen LogP contribution in [0.4, 0.5) is 0 Å². The number of rotatable bonds is 5. The van der Waals surface area contributed by atoms with Gasteiger partial charge >= 0.3 is 0 Å². The Morgan fingerprint density at radius 2 is 1.86 bits per heavy atom. The molecule has 0 saturated heterocycles. The van der Waals surface area contributed by atoms with Gasteiger partial charge < -0.3 is 10.6 Å². The lowest BCUT2D eigenvalue weighted by atomic mass is 9.86. The summed E-state index contributed by atoms with van der Waals surface area (Å²) >= 11 is 0. The summed E-state index contributed by atoms with van der Waals surface area (Å²) in [5.74, 6) is 0.337. The molecule has 2 unspecified atom stereocenters. The summed E-state index contributed by atoms with van der Waals surface area (Å²) in [5.41, 5.74) is -0.468. The van der Waals surface area contributed by atoms with E-state index in [1.54, 1.807) is 7.05 Å². The highest BCUT2D eigenvalue weighted by Gasteiger charge is 2.36. The lowest BCUT2D eigenvalue weighted by Crippen LogP contribution is -2.59. The first kappa shape index (κ1) is 13.4. The molecule has 0 aromatic rings. The van der Waals surface area contributed by atoms with Gasteiger partial charge in [0.1, 0.15) is 0 Å². The molecular weight excluding hydrogens is 176 g/mol. The third kappa shape index (κ3) is 2.98. The van der Waals surface area contributed by atoms with Crippen LogP contribution in [0.25, 0.3) is 0 Å². The summed E-state index contributed by atoms with van der Waals surface area (Å²) < 4.78 is 0. The fraction of sp³-hybridized carbons (Fsp3) is 0.909. The molecule has 84 valence electrons. The molecule has 0 rings (SSSR count). The Labute approximate surface area is 87.6 Å². The summed E-state index contributed by atoms with van der Waals surface area (Å²) in [7, 11) is 1.68. The van der Waals surface area contributed by atoms with Gasteiger partial charge in [-0.3, -0.25) is 4.79 Å². The van der Waals surface area contributed by atoms with E-state index in [2.05, 4.69) is 38.3 Å². The van der Waals surface area contributed by atoms with E-state index in [1.165, 1.54) is 0 Å². The number of carbonyl (C=O) groups excluding carboxylic acids is 1. The SMILES string of the molecule is CCC(C)NC(C)(C(=O)NC)C(C)C. The van der Waals surface area contributed by atoms with E-state index < -0.39 is 5.54 Å². The minimum absolute atomic E-state index is 0.0628. The molecule has 0 aliphatic heterocycles. The smallest absolute Gasteiger partial charge is 0.240 e. The van der Waals surface area contributed by atoms with Crippen LogP contribution in [0.2, 0.25) is 0 Å². The largest absolute Gasteiger partial charge is 0.358 e. The maximum absolute atomic E-state index is 11.8. The topological polar surface area (TPSA) is 41.1 Å². The van der Waals surface area contributed by atoms with Crippen LogP contribution >= 0.6 is 0 Å². The van der Waals surface area contributed by atoms with Crippen molar-refractivity contribution in [3.63, 3.8) is 0 Å². The van der Waals surface area contributed by atoms with E-state index >= 15 is 0 Å². The van der Waals surface area contributed by atoms with Gasteiger partial charge in [-0.25, -0.2) is 0 Å². The van der Waals surface area contributed by atoms with Gasteiger partial charge in [0.15, 0.2) is 0 Å². The van der Waals surface area contributed by atoms with E-state index in [9.17, 15) is 4.79 Å². The zero-order valence-corrected chi connectivity index (χ0v) is 10.3. The van der Waals surface area contributed by atoms with E-state index in [-0.39, 0.29) is 11.8 Å². The number of hydrogen-bond acceptors (Lipinski definition) is 2. The van der Waals surface area contributed by atoms with E-state index in [1.807, 2.05) is 6.92 Å². The van der Waals surface area contributed by atoms with Crippen molar-refractivity contribution >= 4 is 5.91 Å². The lowest BCUT2D eigenvalue weighted by Gasteiger charge is -2.35. The van der Waals surface area contributed by atoms with Crippen molar-refractivity contribution in [1.29, 1.82) is 0 Å². The zero-order chi connectivity index (χ0) is 11.4. The van der Waals surface area contributed by atoms with Gasteiger partial charge in [0.05, 0.1) is 5.54 Å². The van der Waals surface area contributed by atoms with E-state index in [4.69, 9.17) is 0 Å². The van der Waals surface area contributed by atoms with Crippen LogP contribution in [0.5, 0.6) is 0 Å². The summed E-state index contributed by atoms with van der Waals surface area (Å²) in [5, 5.41) is 6.10.